The first-order valence-electron chi connectivity index (χ1n) is 7.23. The van der Waals surface area contributed by atoms with E-state index in [1.807, 2.05) is 0 Å². The van der Waals surface area contributed by atoms with E-state index in [4.69, 9.17) is 9.47 Å². The van der Waals surface area contributed by atoms with Crippen LogP contribution in [-0.4, -0.2) is 28.6 Å². The molecule has 0 saturated heterocycles. The monoisotopic (exact) mass is 377 g/mol. The van der Waals surface area contributed by atoms with Crippen molar-refractivity contribution in [3.8, 4) is 5.75 Å². The first-order valence-corrected chi connectivity index (χ1v) is 9.53. The van der Waals surface area contributed by atoms with Gasteiger partial charge in [-0.05, 0) is 30.3 Å². The Morgan fingerprint density at radius 3 is 2.36 bits per heavy atom. The molecule has 0 unspecified atom stereocenters. The van der Waals surface area contributed by atoms with Gasteiger partial charge in [0, 0.05) is 15.8 Å². The molecule has 1 heterocycles. The molecule has 0 saturated carbocycles. The lowest BCUT2D eigenvalue weighted by Crippen LogP contribution is -2.16. The molecule has 0 aliphatic rings. The molecular formula is C17H15NO5S2. The normalized spacial score (nSPS) is 11.3. The molecule has 0 aliphatic heterocycles. The quantitative estimate of drug-likeness (QED) is 0.688. The SMILES string of the molecule is COC(=O)c1sc2ccccc2c1S(=O)(=O)Nc1ccc(OC)cc1. The number of sulfonamides is 1. The third kappa shape index (κ3) is 3.31. The zero-order valence-electron chi connectivity index (χ0n) is 13.5. The Morgan fingerprint density at radius 1 is 1.04 bits per heavy atom. The highest BCUT2D eigenvalue weighted by molar-refractivity contribution is 7.93. The van der Waals surface area contributed by atoms with E-state index in [-0.39, 0.29) is 9.77 Å². The fourth-order valence-electron chi connectivity index (χ4n) is 2.38. The van der Waals surface area contributed by atoms with Crippen molar-refractivity contribution in [2.45, 2.75) is 4.90 Å². The van der Waals surface area contributed by atoms with Gasteiger partial charge in [0.05, 0.1) is 14.2 Å². The number of nitrogens with one attached hydrogen (secondary N) is 1. The number of thiophene rings is 1. The molecule has 6 nitrogen and oxygen atoms in total. The number of methoxy groups -OCH3 is 2. The number of esters is 1. The van der Waals surface area contributed by atoms with Crippen LogP contribution >= 0.6 is 11.3 Å². The fraction of sp³-hybridized carbons (Fsp3) is 0.118. The Balaban J connectivity index is 2.10. The zero-order chi connectivity index (χ0) is 18.0. The molecule has 0 fully saturated rings. The number of hydrogen-bond donors (Lipinski definition) is 1. The molecule has 0 amide bonds. The van der Waals surface area contributed by atoms with E-state index >= 15 is 0 Å². The number of hydrogen-bond acceptors (Lipinski definition) is 6. The van der Waals surface area contributed by atoms with Crippen LogP contribution in [0.15, 0.2) is 53.4 Å². The van der Waals surface area contributed by atoms with Gasteiger partial charge in [0.2, 0.25) is 0 Å². The Morgan fingerprint density at radius 2 is 1.72 bits per heavy atom. The Labute approximate surface area is 149 Å². The molecule has 8 heteroatoms. The van der Waals surface area contributed by atoms with Gasteiger partial charge >= 0.3 is 5.97 Å². The van der Waals surface area contributed by atoms with Gasteiger partial charge < -0.3 is 9.47 Å². The first-order chi connectivity index (χ1) is 12.0. The van der Waals surface area contributed by atoms with Gasteiger partial charge in [-0.3, -0.25) is 4.72 Å². The van der Waals surface area contributed by atoms with Gasteiger partial charge in [-0.25, -0.2) is 13.2 Å². The summed E-state index contributed by atoms with van der Waals surface area (Å²) in [5.74, 6) is -0.0736. The predicted molar refractivity (Wildman–Crippen MR) is 97.0 cm³/mol. The summed E-state index contributed by atoms with van der Waals surface area (Å²) >= 11 is 1.09. The second-order valence-corrected chi connectivity index (χ2v) is 7.75. The summed E-state index contributed by atoms with van der Waals surface area (Å²) in [6, 6.07) is 13.4. The summed E-state index contributed by atoms with van der Waals surface area (Å²) in [4.78, 5) is 12.0. The molecule has 0 aliphatic carbocycles. The van der Waals surface area contributed by atoms with Crippen molar-refractivity contribution >= 4 is 43.1 Å². The highest BCUT2D eigenvalue weighted by Crippen LogP contribution is 2.36. The van der Waals surface area contributed by atoms with Gasteiger partial charge in [-0.15, -0.1) is 11.3 Å². The maximum Gasteiger partial charge on any atom is 0.349 e. The summed E-state index contributed by atoms with van der Waals surface area (Å²) in [5.41, 5.74) is 0.367. The predicted octanol–water partition coefficient (Wildman–Crippen LogP) is 3.50. The van der Waals surface area contributed by atoms with E-state index in [0.29, 0.717) is 21.5 Å². The minimum absolute atomic E-state index is 0.0460. The molecule has 130 valence electrons. The number of fused-ring (bicyclic) bond motifs is 1. The Kier molecular flexibility index (Phi) is 4.65. The maximum absolute atomic E-state index is 12.9. The van der Waals surface area contributed by atoms with Crippen LogP contribution < -0.4 is 9.46 Å². The molecule has 25 heavy (non-hydrogen) atoms. The highest BCUT2D eigenvalue weighted by Gasteiger charge is 2.29. The third-order valence-corrected chi connectivity index (χ3v) is 6.28. The number of anilines is 1. The summed E-state index contributed by atoms with van der Waals surface area (Å²) < 4.78 is 38.9. The molecule has 0 spiro atoms. The van der Waals surface area contributed by atoms with Gasteiger partial charge in [-0.2, -0.15) is 0 Å². The molecule has 1 N–H and O–H groups in total. The standard InChI is InChI=1S/C17H15NO5S2/c1-22-12-9-7-11(8-10-12)18-25(20,21)16-13-5-3-4-6-14(13)24-15(16)17(19)23-2/h3-10,18H,1-2H3. The Bertz CT molecular complexity index is 1020. The van der Waals surface area contributed by atoms with E-state index in [1.54, 1.807) is 48.5 Å². The molecule has 1 aromatic heterocycles. The molecule has 3 aromatic rings. The van der Waals surface area contributed by atoms with E-state index in [0.717, 1.165) is 11.3 Å². The number of carbonyl (C=O) groups excluding carboxylic acids is 1. The van der Waals surface area contributed by atoms with Gasteiger partial charge in [-0.1, -0.05) is 18.2 Å². The van der Waals surface area contributed by atoms with Gasteiger partial charge in [0.25, 0.3) is 10.0 Å². The van der Waals surface area contributed by atoms with E-state index in [9.17, 15) is 13.2 Å². The second kappa shape index (κ2) is 6.73. The number of carbonyl (C=O) groups is 1. The van der Waals surface area contributed by atoms with Crippen molar-refractivity contribution in [2.24, 2.45) is 0 Å². The van der Waals surface area contributed by atoms with Gasteiger partial charge in [0.15, 0.2) is 0 Å². The van der Waals surface area contributed by atoms with Crippen LogP contribution in [0.5, 0.6) is 5.75 Å². The molecular weight excluding hydrogens is 362 g/mol. The van der Waals surface area contributed by atoms with Crippen molar-refractivity contribution in [1.29, 1.82) is 0 Å². The van der Waals surface area contributed by atoms with Gasteiger partial charge in [0.1, 0.15) is 15.5 Å². The first kappa shape index (κ1) is 17.2. The molecule has 0 bridgehead atoms. The average Bonchev–Trinajstić information content (AvgIpc) is 3.02. The summed E-state index contributed by atoms with van der Waals surface area (Å²) in [5, 5.41) is 0.480. The van der Waals surface area contributed by atoms with Crippen LogP contribution in [0.1, 0.15) is 9.67 Å². The topological polar surface area (TPSA) is 81.7 Å². The zero-order valence-corrected chi connectivity index (χ0v) is 15.1. The van der Waals surface area contributed by atoms with Crippen LogP contribution in [0.3, 0.4) is 0 Å². The van der Waals surface area contributed by atoms with Crippen molar-refractivity contribution in [1.82, 2.24) is 0 Å². The van der Waals surface area contributed by atoms with Crippen molar-refractivity contribution < 1.29 is 22.7 Å². The minimum Gasteiger partial charge on any atom is -0.497 e. The third-order valence-electron chi connectivity index (χ3n) is 3.53. The number of ether oxygens (including phenoxy) is 2. The van der Waals surface area contributed by atoms with Crippen molar-refractivity contribution in [3.05, 3.63) is 53.4 Å². The summed E-state index contributed by atoms with van der Waals surface area (Å²) in [7, 11) is -1.23. The van der Waals surface area contributed by atoms with Crippen LogP contribution in [0.4, 0.5) is 5.69 Å². The molecule has 0 radical (unpaired) electrons. The number of rotatable bonds is 5. The average molecular weight is 377 g/mol. The fourth-order valence-corrected chi connectivity index (χ4v) is 5.26. The molecule has 2 aromatic carbocycles. The molecule has 0 atom stereocenters. The van der Waals surface area contributed by atoms with Crippen LogP contribution in [0.2, 0.25) is 0 Å². The smallest absolute Gasteiger partial charge is 0.349 e. The number of benzene rings is 2. The summed E-state index contributed by atoms with van der Waals surface area (Å²) in [6.45, 7) is 0. The molecule has 3 rings (SSSR count). The van der Waals surface area contributed by atoms with E-state index in [1.165, 1.54) is 14.2 Å². The van der Waals surface area contributed by atoms with Crippen LogP contribution in [-0.2, 0) is 14.8 Å². The maximum atomic E-state index is 12.9. The highest BCUT2D eigenvalue weighted by atomic mass is 32.2. The lowest BCUT2D eigenvalue weighted by atomic mass is 10.2. The summed E-state index contributed by atoms with van der Waals surface area (Å²) in [6.07, 6.45) is 0. The van der Waals surface area contributed by atoms with Crippen LogP contribution in [0, 0.1) is 0 Å². The van der Waals surface area contributed by atoms with E-state index < -0.39 is 16.0 Å². The largest absolute Gasteiger partial charge is 0.497 e. The van der Waals surface area contributed by atoms with Crippen molar-refractivity contribution in [3.63, 3.8) is 0 Å². The Hall–Kier alpha value is -2.58. The van der Waals surface area contributed by atoms with Crippen LogP contribution in [0.25, 0.3) is 10.1 Å². The minimum atomic E-state index is -3.98. The van der Waals surface area contributed by atoms with E-state index in [2.05, 4.69) is 4.72 Å². The van der Waals surface area contributed by atoms with Crippen molar-refractivity contribution in [2.75, 3.05) is 18.9 Å². The second-order valence-electron chi connectivity index (χ2n) is 5.08. The lowest BCUT2D eigenvalue weighted by molar-refractivity contribution is 0.0602. The lowest BCUT2D eigenvalue weighted by Gasteiger charge is -2.09.